The van der Waals surface area contributed by atoms with Crippen molar-refractivity contribution in [3.05, 3.63) is 34.9 Å². The van der Waals surface area contributed by atoms with Crippen molar-refractivity contribution >= 4 is 5.91 Å². The number of aliphatic hydroxyl groups is 1. The molecule has 1 aliphatic rings. The van der Waals surface area contributed by atoms with Crippen molar-refractivity contribution in [2.75, 3.05) is 19.8 Å². The molecule has 21 heavy (non-hydrogen) atoms. The summed E-state index contributed by atoms with van der Waals surface area (Å²) in [5.41, 5.74) is 2.20. The molecule has 1 saturated heterocycles. The first-order chi connectivity index (χ1) is 10.0. The number of nitrogens with one attached hydrogen (secondary N) is 1. The van der Waals surface area contributed by atoms with E-state index in [4.69, 9.17) is 9.84 Å². The first kappa shape index (κ1) is 15.6. The summed E-state index contributed by atoms with van der Waals surface area (Å²) < 4.78 is 5.34. The third-order valence-corrected chi connectivity index (χ3v) is 3.58. The van der Waals surface area contributed by atoms with Gasteiger partial charge in [0.2, 0.25) is 0 Å². The van der Waals surface area contributed by atoms with Crippen LogP contribution in [0.5, 0.6) is 0 Å². The molecular weight excluding hydrogens is 266 g/mol. The standard InChI is InChI=1S/C17H21NO3/c1-13-11-15(7-6-14(13)5-3-4-9-19)16(20)18-17(2)8-10-21-12-17/h6-7,11,19H,4,8-10,12H2,1-2H3,(H,18,20). The number of hydrogen-bond acceptors (Lipinski definition) is 3. The monoisotopic (exact) mass is 287 g/mol. The molecule has 1 fully saturated rings. The first-order valence-corrected chi connectivity index (χ1v) is 7.15. The van der Waals surface area contributed by atoms with E-state index in [9.17, 15) is 4.79 Å². The van der Waals surface area contributed by atoms with Gasteiger partial charge in [-0.25, -0.2) is 0 Å². The van der Waals surface area contributed by atoms with Gasteiger partial charge in [0.1, 0.15) is 0 Å². The minimum atomic E-state index is -0.273. The number of ether oxygens (including phenoxy) is 1. The highest BCUT2D eigenvalue weighted by Gasteiger charge is 2.31. The zero-order valence-corrected chi connectivity index (χ0v) is 12.5. The first-order valence-electron chi connectivity index (χ1n) is 7.15. The van der Waals surface area contributed by atoms with Gasteiger partial charge in [0.15, 0.2) is 0 Å². The van der Waals surface area contributed by atoms with Crippen LogP contribution in [-0.2, 0) is 4.74 Å². The summed E-state index contributed by atoms with van der Waals surface area (Å²) in [6, 6.07) is 5.48. The molecule has 0 aromatic heterocycles. The van der Waals surface area contributed by atoms with Crippen LogP contribution in [0.1, 0.15) is 41.3 Å². The molecule has 1 aliphatic heterocycles. The Kier molecular flexibility index (Phi) is 5.00. The summed E-state index contributed by atoms with van der Waals surface area (Å²) in [6.45, 7) is 5.24. The topological polar surface area (TPSA) is 58.6 Å². The Bertz CT molecular complexity index is 577. The third kappa shape index (κ3) is 4.07. The molecule has 1 amide bonds. The van der Waals surface area contributed by atoms with Crippen LogP contribution in [0.15, 0.2) is 18.2 Å². The van der Waals surface area contributed by atoms with Crippen molar-refractivity contribution < 1.29 is 14.6 Å². The predicted molar refractivity (Wildman–Crippen MR) is 81.1 cm³/mol. The van der Waals surface area contributed by atoms with Crippen LogP contribution in [0.2, 0.25) is 0 Å². The molecule has 0 bridgehead atoms. The predicted octanol–water partition coefficient (Wildman–Crippen LogP) is 1.64. The Hall–Kier alpha value is -1.83. The van der Waals surface area contributed by atoms with E-state index in [1.807, 2.05) is 26.0 Å². The summed E-state index contributed by atoms with van der Waals surface area (Å²) in [6.07, 6.45) is 1.29. The van der Waals surface area contributed by atoms with Crippen LogP contribution >= 0.6 is 0 Å². The summed E-state index contributed by atoms with van der Waals surface area (Å²) in [5, 5.41) is 11.8. The summed E-state index contributed by atoms with van der Waals surface area (Å²) in [4.78, 5) is 12.3. The van der Waals surface area contributed by atoms with Crippen molar-refractivity contribution in [3.8, 4) is 11.8 Å². The fraction of sp³-hybridized carbons (Fsp3) is 0.471. The van der Waals surface area contributed by atoms with Crippen LogP contribution in [0.4, 0.5) is 0 Å². The number of carbonyl (C=O) groups excluding carboxylic acids is 1. The molecular formula is C17H21NO3. The van der Waals surface area contributed by atoms with Gasteiger partial charge in [0, 0.05) is 24.2 Å². The van der Waals surface area contributed by atoms with Crippen LogP contribution < -0.4 is 5.32 Å². The average molecular weight is 287 g/mol. The Morgan fingerprint density at radius 3 is 2.95 bits per heavy atom. The lowest BCUT2D eigenvalue weighted by atomic mass is 10.00. The lowest BCUT2D eigenvalue weighted by Gasteiger charge is -2.23. The highest BCUT2D eigenvalue weighted by atomic mass is 16.5. The molecule has 1 heterocycles. The van der Waals surface area contributed by atoms with Gasteiger partial charge >= 0.3 is 0 Å². The van der Waals surface area contributed by atoms with Crippen LogP contribution in [0.25, 0.3) is 0 Å². The van der Waals surface area contributed by atoms with Gasteiger partial charge < -0.3 is 15.2 Å². The van der Waals surface area contributed by atoms with Crippen molar-refractivity contribution in [3.63, 3.8) is 0 Å². The fourth-order valence-corrected chi connectivity index (χ4v) is 2.27. The number of aliphatic hydroxyl groups excluding tert-OH is 1. The van der Waals surface area contributed by atoms with Crippen LogP contribution in [0.3, 0.4) is 0 Å². The minimum Gasteiger partial charge on any atom is -0.395 e. The minimum absolute atomic E-state index is 0.0627. The molecule has 1 atom stereocenters. The van der Waals surface area contributed by atoms with Gasteiger partial charge in [-0.15, -0.1) is 0 Å². The quantitative estimate of drug-likeness (QED) is 0.831. The second-order valence-corrected chi connectivity index (χ2v) is 5.62. The molecule has 2 rings (SSSR count). The maximum atomic E-state index is 12.3. The molecule has 0 radical (unpaired) electrons. The Morgan fingerprint density at radius 2 is 2.33 bits per heavy atom. The summed E-state index contributed by atoms with van der Waals surface area (Å²) in [7, 11) is 0. The second kappa shape index (κ2) is 6.75. The van der Waals surface area contributed by atoms with Gasteiger partial charge in [0.05, 0.1) is 18.8 Å². The lowest BCUT2D eigenvalue weighted by molar-refractivity contribution is 0.0890. The normalized spacial score (nSPS) is 20.7. The fourth-order valence-electron chi connectivity index (χ4n) is 2.27. The van der Waals surface area contributed by atoms with Gasteiger partial charge in [0.25, 0.3) is 5.91 Å². The van der Waals surface area contributed by atoms with Crippen LogP contribution in [-0.4, -0.2) is 36.4 Å². The van der Waals surface area contributed by atoms with E-state index in [-0.39, 0.29) is 18.1 Å². The van der Waals surface area contributed by atoms with Gasteiger partial charge in [-0.3, -0.25) is 4.79 Å². The number of hydrogen-bond donors (Lipinski definition) is 2. The van der Waals surface area contributed by atoms with E-state index < -0.39 is 0 Å². The van der Waals surface area contributed by atoms with Crippen molar-refractivity contribution in [2.24, 2.45) is 0 Å². The maximum absolute atomic E-state index is 12.3. The number of amides is 1. The zero-order valence-electron chi connectivity index (χ0n) is 12.5. The average Bonchev–Trinajstić information content (AvgIpc) is 2.87. The van der Waals surface area contributed by atoms with Crippen LogP contribution in [0, 0.1) is 18.8 Å². The van der Waals surface area contributed by atoms with E-state index in [1.54, 1.807) is 6.07 Å². The lowest BCUT2D eigenvalue weighted by Crippen LogP contribution is -2.46. The van der Waals surface area contributed by atoms with Gasteiger partial charge in [-0.1, -0.05) is 11.8 Å². The summed E-state index contributed by atoms with van der Waals surface area (Å²) in [5.74, 6) is 5.81. The SMILES string of the molecule is Cc1cc(C(=O)NC2(C)CCOC2)ccc1C#CCCO. The molecule has 1 aromatic rings. The van der Waals surface area contributed by atoms with Gasteiger partial charge in [-0.05, 0) is 44.0 Å². The number of rotatable bonds is 3. The van der Waals surface area contributed by atoms with E-state index in [0.29, 0.717) is 25.2 Å². The van der Waals surface area contributed by atoms with Crippen molar-refractivity contribution in [1.82, 2.24) is 5.32 Å². The number of carbonyl (C=O) groups is 1. The Morgan fingerprint density at radius 1 is 1.52 bits per heavy atom. The van der Waals surface area contributed by atoms with Gasteiger partial charge in [-0.2, -0.15) is 0 Å². The van der Waals surface area contributed by atoms with Crippen molar-refractivity contribution in [1.29, 1.82) is 0 Å². The van der Waals surface area contributed by atoms with Crippen molar-refractivity contribution in [2.45, 2.75) is 32.2 Å². The molecule has 0 saturated carbocycles. The number of benzene rings is 1. The largest absolute Gasteiger partial charge is 0.395 e. The summed E-state index contributed by atoms with van der Waals surface area (Å²) >= 11 is 0. The molecule has 1 unspecified atom stereocenters. The highest BCUT2D eigenvalue weighted by Crippen LogP contribution is 2.19. The molecule has 0 spiro atoms. The van der Waals surface area contributed by atoms with E-state index in [0.717, 1.165) is 17.5 Å². The zero-order chi connectivity index (χ0) is 15.3. The molecule has 4 nitrogen and oxygen atoms in total. The smallest absolute Gasteiger partial charge is 0.251 e. The molecule has 112 valence electrons. The van der Waals surface area contributed by atoms with E-state index in [1.165, 1.54) is 0 Å². The van der Waals surface area contributed by atoms with E-state index >= 15 is 0 Å². The highest BCUT2D eigenvalue weighted by molar-refractivity contribution is 5.95. The maximum Gasteiger partial charge on any atom is 0.251 e. The Labute approximate surface area is 125 Å². The molecule has 4 heteroatoms. The molecule has 1 aromatic carbocycles. The number of aryl methyl sites for hydroxylation is 1. The second-order valence-electron chi connectivity index (χ2n) is 5.62. The molecule has 0 aliphatic carbocycles. The van der Waals surface area contributed by atoms with E-state index in [2.05, 4.69) is 17.2 Å². The third-order valence-electron chi connectivity index (χ3n) is 3.58. The molecule has 2 N–H and O–H groups in total. The Balaban J connectivity index is 2.09.